The quantitative estimate of drug-likeness (QED) is 0.727. The number of nitrogens with one attached hydrogen (secondary N) is 2. The minimum absolute atomic E-state index is 0.205. The maximum absolute atomic E-state index is 6.18. The van der Waals surface area contributed by atoms with Gasteiger partial charge in [-0.3, -0.25) is 4.90 Å². The van der Waals surface area contributed by atoms with Crippen LogP contribution in [0, 0.1) is 12.8 Å². The lowest BCUT2D eigenvalue weighted by Crippen LogP contribution is -2.39. The van der Waals surface area contributed by atoms with Gasteiger partial charge in [0.1, 0.15) is 5.82 Å². The number of likely N-dealkylation sites (tertiary alicyclic amines) is 1. The van der Waals surface area contributed by atoms with Crippen molar-refractivity contribution in [3.05, 3.63) is 30.0 Å². The number of ether oxygens (including phenoxy) is 2. The molecule has 7 nitrogen and oxygen atoms in total. The van der Waals surface area contributed by atoms with E-state index >= 15 is 0 Å². The van der Waals surface area contributed by atoms with Crippen molar-refractivity contribution in [3.63, 3.8) is 0 Å². The molecule has 0 radical (unpaired) electrons. The summed E-state index contributed by atoms with van der Waals surface area (Å²) in [7, 11) is 3.50. The van der Waals surface area contributed by atoms with E-state index in [2.05, 4.69) is 46.3 Å². The molecular weight excluding hydrogens is 366 g/mol. The molecule has 1 saturated heterocycles. The third-order valence-electron chi connectivity index (χ3n) is 5.24. The predicted octanol–water partition coefficient (Wildman–Crippen LogP) is 4.08. The lowest BCUT2D eigenvalue weighted by Gasteiger charge is -2.31. The number of anilines is 3. The van der Waals surface area contributed by atoms with Crippen molar-refractivity contribution in [1.82, 2.24) is 14.9 Å². The Labute approximate surface area is 173 Å². The van der Waals surface area contributed by atoms with Gasteiger partial charge in [0.15, 0.2) is 11.5 Å². The van der Waals surface area contributed by atoms with Gasteiger partial charge >= 0.3 is 0 Å². The van der Waals surface area contributed by atoms with Crippen molar-refractivity contribution in [3.8, 4) is 11.5 Å². The summed E-state index contributed by atoms with van der Waals surface area (Å²) in [4.78, 5) is 11.4. The summed E-state index contributed by atoms with van der Waals surface area (Å²) >= 11 is 0. The van der Waals surface area contributed by atoms with E-state index in [1.54, 1.807) is 7.11 Å². The first-order chi connectivity index (χ1) is 13.8. The van der Waals surface area contributed by atoms with Crippen molar-refractivity contribution in [2.45, 2.75) is 39.7 Å². The van der Waals surface area contributed by atoms with Gasteiger partial charge < -0.3 is 20.1 Å². The average molecular weight is 400 g/mol. The molecule has 1 atom stereocenters. The highest BCUT2D eigenvalue weighted by atomic mass is 16.5. The number of aromatic nitrogens is 2. The van der Waals surface area contributed by atoms with E-state index in [0.717, 1.165) is 48.2 Å². The van der Waals surface area contributed by atoms with Crippen LogP contribution in [0.3, 0.4) is 0 Å². The smallest absolute Gasteiger partial charge is 0.229 e. The highest BCUT2D eigenvalue weighted by molar-refractivity contribution is 5.60. The van der Waals surface area contributed by atoms with E-state index in [1.807, 2.05) is 38.2 Å². The normalized spacial score (nSPS) is 17.2. The highest BCUT2D eigenvalue weighted by Crippen LogP contribution is 2.33. The van der Waals surface area contributed by atoms with Gasteiger partial charge in [0, 0.05) is 48.6 Å². The van der Waals surface area contributed by atoms with Crippen LogP contribution >= 0.6 is 0 Å². The topological polar surface area (TPSA) is 71.5 Å². The molecule has 0 bridgehead atoms. The van der Waals surface area contributed by atoms with Gasteiger partial charge in [0.25, 0.3) is 0 Å². The van der Waals surface area contributed by atoms with Crippen LogP contribution in [0.4, 0.5) is 17.5 Å². The molecule has 1 aromatic heterocycles. The number of rotatable bonds is 7. The molecule has 3 rings (SSSR count). The van der Waals surface area contributed by atoms with Crippen molar-refractivity contribution in [1.29, 1.82) is 0 Å². The van der Waals surface area contributed by atoms with Crippen molar-refractivity contribution >= 4 is 17.5 Å². The van der Waals surface area contributed by atoms with Crippen LogP contribution in [0.25, 0.3) is 0 Å². The van der Waals surface area contributed by atoms with Gasteiger partial charge in [0.2, 0.25) is 5.95 Å². The molecule has 1 aliphatic rings. The van der Waals surface area contributed by atoms with Crippen LogP contribution in [0.5, 0.6) is 11.5 Å². The molecule has 0 unspecified atom stereocenters. The zero-order chi connectivity index (χ0) is 21.0. The first kappa shape index (κ1) is 21.2. The van der Waals surface area contributed by atoms with Gasteiger partial charge in [-0.1, -0.05) is 0 Å². The van der Waals surface area contributed by atoms with Crippen LogP contribution in [0.2, 0.25) is 0 Å². The fourth-order valence-electron chi connectivity index (χ4n) is 3.53. The zero-order valence-corrected chi connectivity index (χ0v) is 18.4. The fourth-order valence-corrected chi connectivity index (χ4v) is 3.53. The molecule has 1 fully saturated rings. The van der Waals surface area contributed by atoms with Crippen LogP contribution in [-0.2, 0) is 0 Å². The summed E-state index contributed by atoms with van der Waals surface area (Å²) in [5.41, 5.74) is 1.95. The zero-order valence-electron chi connectivity index (χ0n) is 18.4. The molecule has 2 N–H and O–H groups in total. The number of benzene rings is 1. The molecule has 1 aliphatic heterocycles. The summed E-state index contributed by atoms with van der Waals surface area (Å²) in [5.74, 6) is 3.29. The Morgan fingerprint density at radius 3 is 2.62 bits per heavy atom. The number of hydrogen-bond acceptors (Lipinski definition) is 7. The molecule has 0 saturated carbocycles. The molecular formula is C22H33N5O2. The molecule has 0 aliphatic carbocycles. The second-order valence-electron chi connectivity index (χ2n) is 8.54. The van der Waals surface area contributed by atoms with Crippen molar-refractivity contribution in [2.75, 3.05) is 44.5 Å². The molecule has 2 aromatic rings. The van der Waals surface area contributed by atoms with E-state index < -0.39 is 0 Å². The Morgan fingerprint density at radius 2 is 1.97 bits per heavy atom. The standard InChI is InChI=1S/C22H33N5O2/c1-15-11-20(23-5)26-21(24-15)25-17-7-8-18(28-6)19(12-17)29-14-16-9-10-27(13-16)22(2,3)4/h7-8,11-12,16H,9-10,13-14H2,1-6H3,(H2,23,24,25,26)/t16-/m1/s1. The van der Waals surface area contributed by atoms with E-state index in [9.17, 15) is 0 Å². The monoisotopic (exact) mass is 399 g/mol. The molecule has 7 heteroatoms. The second kappa shape index (κ2) is 8.86. The minimum atomic E-state index is 0.205. The van der Waals surface area contributed by atoms with Gasteiger partial charge in [-0.15, -0.1) is 0 Å². The van der Waals surface area contributed by atoms with Gasteiger partial charge in [-0.05, 0) is 52.8 Å². The summed E-state index contributed by atoms with van der Waals surface area (Å²) in [6.07, 6.45) is 1.15. The Balaban J connectivity index is 1.69. The second-order valence-corrected chi connectivity index (χ2v) is 8.54. The maximum Gasteiger partial charge on any atom is 0.229 e. The summed E-state index contributed by atoms with van der Waals surface area (Å²) in [6.45, 7) is 11.6. The predicted molar refractivity (Wildman–Crippen MR) is 118 cm³/mol. The molecule has 0 amide bonds. The first-order valence-electron chi connectivity index (χ1n) is 10.1. The van der Waals surface area contributed by atoms with Crippen LogP contribution < -0.4 is 20.1 Å². The fraction of sp³-hybridized carbons (Fsp3) is 0.545. The van der Waals surface area contributed by atoms with E-state index in [1.165, 1.54) is 0 Å². The largest absolute Gasteiger partial charge is 0.493 e. The Morgan fingerprint density at radius 1 is 1.17 bits per heavy atom. The van der Waals surface area contributed by atoms with Crippen molar-refractivity contribution < 1.29 is 9.47 Å². The Hall–Kier alpha value is -2.54. The molecule has 2 heterocycles. The third kappa shape index (κ3) is 5.50. The minimum Gasteiger partial charge on any atom is -0.493 e. The van der Waals surface area contributed by atoms with Crippen LogP contribution in [-0.4, -0.2) is 54.3 Å². The summed E-state index contributed by atoms with van der Waals surface area (Å²) in [6, 6.07) is 7.69. The van der Waals surface area contributed by atoms with Crippen LogP contribution in [0.1, 0.15) is 32.9 Å². The molecule has 0 spiro atoms. The van der Waals surface area contributed by atoms with Gasteiger partial charge in [0.05, 0.1) is 13.7 Å². The van der Waals surface area contributed by atoms with E-state index in [4.69, 9.17) is 9.47 Å². The van der Waals surface area contributed by atoms with E-state index in [-0.39, 0.29) is 5.54 Å². The highest BCUT2D eigenvalue weighted by Gasteiger charge is 2.30. The molecule has 158 valence electrons. The molecule has 1 aromatic carbocycles. The summed E-state index contributed by atoms with van der Waals surface area (Å²) in [5, 5.41) is 6.31. The van der Waals surface area contributed by atoms with Crippen LogP contribution in [0.15, 0.2) is 24.3 Å². The number of hydrogen-bond donors (Lipinski definition) is 2. The number of methoxy groups -OCH3 is 1. The van der Waals surface area contributed by atoms with Gasteiger partial charge in [-0.25, -0.2) is 4.98 Å². The van der Waals surface area contributed by atoms with E-state index in [0.29, 0.717) is 18.5 Å². The van der Waals surface area contributed by atoms with Gasteiger partial charge in [-0.2, -0.15) is 4.98 Å². The third-order valence-corrected chi connectivity index (χ3v) is 5.24. The first-order valence-corrected chi connectivity index (χ1v) is 10.1. The average Bonchev–Trinajstić information content (AvgIpc) is 3.15. The molecule has 29 heavy (non-hydrogen) atoms. The number of aryl methyl sites for hydroxylation is 1. The lowest BCUT2D eigenvalue weighted by atomic mass is 10.1. The Kier molecular flexibility index (Phi) is 6.47. The Bertz CT molecular complexity index is 834. The summed E-state index contributed by atoms with van der Waals surface area (Å²) < 4.78 is 11.7. The lowest BCUT2D eigenvalue weighted by molar-refractivity contribution is 0.157. The number of nitrogens with zero attached hydrogens (tertiary/aromatic N) is 3. The van der Waals surface area contributed by atoms with Crippen molar-refractivity contribution in [2.24, 2.45) is 5.92 Å². The maximum atomic E-state index is 6.18. The SMILES string of the molecule is CNc1cc(C)nc(Nc2ccc(OC)c(OC[C@@H]3CCN(C(C)(C)C)C3)c2)n1.